The number of imide groups is 1. The number of rotatable bonds is 7. The Kier molecular flexibility index (Phi) is 6.46. The number of para-hydroxylation sites is 1. The van der Waals surface area contributed by atoms with Gasteiger partial charge in [0.1, 0.15) is 12.3 Å². The van der Waals surface area contributed by atoms with E-state index in [-0.39, 0.29) is 13.0 Å². The minimum Gasteiger partial charge on any atom is -0.496 e. The standard InChI is InChI=1S/C22H22N2O6/c1-14(21(27)23-12-16-8-4-6-10-18(16)29-2)30-20(26)13-24-19(25)11-15-7-3-5-9-17(15)22(24)28/h3-10,14H,11-13H2,1-2H3,(H,23,27)/t14-/m1/s1. The van der Waals surface area contributed by atoms with Crippen molar-refractivity contribution < 1.29 is 28.7 Å². The van der Waals surface area contributed by atoms with Crippen LogP contribution in [0.2, 0.25) is 0 Å². The lowest BCUT2D eigenvalue weighted by molar-refractivity contribution is -0.156. The Morgan fingerprint density at radius 3 is 2.57 bits per heavy atom. The Morgan fingerprint density at radius 2 is 1.80 bits per heavy atom. The summed E-state index contributed by atoms with van der Waals surface area (Å²) in [5, 5.41) is 2.67. The summed E-state index contributed by atoms with van der Waals surface area (Å²) in [6.45, 7) is 1.07. The van der Waals surface area contributed by atoms with Crippen LogP contribution in [-0.2, 0) is 32.1 Å². The van der Waals surface area contributed by atoms with Crippen LogP contribution in [0.15, 0.2) is 48.5 Å². The molecule has 156 valence electrons. The fraction of sp³-hybridized carbons (Fsp3) is 0.273. The molecular weight excluding hydrogens is 388 g/mol. The number of nitrogens with one attached hydrogen (secondary N) is 1. The molecule has 8 heteroatoms. The highest BCUT2D eigenvalue weighted by Crippen LogP contribution is 2.20. The van der Waals surface area contributed by atoms with Crippen molar-refractivity contribution in [3.63, 3.8) is 0 Å². The SMILES string of the molecule is COc1ccccc1CNC(=O)[C@@H](C)OC(=O)CN1C(=O)Cc2ccccc2C1=O. The molecule has 0 fully saturated rings. The van der Waals surface area contributed by atoms with Gasteiger partial charge < -0.3 is 14.8 Å². The number of esters is 1. The average Bonchev–Trinajstić information content (AvgIpc) is 2.75. The smallest absolute Gasteiger partial charge is 0.326 e. The molecule has 3 amide bonds. The van der Waals surface area contributed by atoms with Crippen molar-refractivity contribution in [1.29, 1.82) is 0 Å². The number of hydrogen-bond acceptors (Lipinski definition) is 6. The average molecular weight is 410 g/mol. The summed E-state index contributed by atoms with van der Waals surface area (Å²) in [7, 11) is 1.53. The van der Waals surface area contributed by atoms with Gasteiger partial charge in [-0.2, -0.15) is 0 Å². The van der Waals surface area contributed by atoms with Gasteiger partial charge in [-0.3, -0.25) is 24.1 Å². The lowest BCUT2D eigenvalue weighted by Crippen LogP contribution is -2.46. The lowest BCUT2D eigenvalue weighted by atomic mass is 9.98. The van der Waals surface area contributed by atoms with Gasteiger partial charge in [-0.15, -0.1) is 0 Å². The molecule has 1 atom stereocenters. The molecule has 3 rings (SSSR count). The molecule has 1 aliphatic rings. The Labute approximate surface area is 173 Å². The van der Waals surface area contributed by atoms with Gasteiger partial charge in [0.2, 0.25) is 5.91 Å². The molecule has 0 radical (unpaired) electrons. The summed E-state index contributed by atoms with van der Waals surface area (Å²) in [6, 6.07) is 14.0. The summed E-state index contributed by atoms with van der Waals surface area (Å²) in [6.07, 6.45) is -1.06. The molecule has 0 aliphatic carbocycles. The summed E-state index contributed by atoms with van der Waals surface area (Å²) in [5.74, 6) is -1.74. The molecule has 30 heavy (non-hydrogen) atoms. The third-order valence-electron chi connectivity index (χ3n) is 4.75. The molecule has 1 N–H and O–H groups in total. The van der Waals surface area contributed by atoms with Crippen molar-refractivity contribution >= 4 is 23.7 Å². The maximum atomic E-state index is 12.5. The summed E-state index contributed by atoms with van der Waals surface area (Å²) in [5.41, 5.74) is 1.78. The van der Waals surface area contributed by atoms with Gasteiger partial charge in [-0.05, 0) is 24.6 Å². The molecule has 0 saturated carbocycles. The van der Waals surface area contributed by atoms with Gasteiger partial charge in [-0.25, -0.2) is 0 Å². The summed E-state index contributed by atoms with van der Waals surface area (Å²) < 4.78 is 10.3. The van der Waals surface area contributed by atoms with Crippen molar-refractivity contribution in [3.05, 3.63) is 65.2 Å². The third kappa shape index (κ3) is 4.65. The van der Waals surface area contributed by atoms with Crippen LogP contribution < -0.4 is 10.1 Å². The van der Waals surface area contributed by atoms with E-state index in [2.05, 4.69) is 5.32 Å². The van der Waals surface area contributed by atoms with Crippen LogP contribution in [0.1, 0.15) is 28.4 Å². The first-order chi connectivity index (χ1) is 14.4. The fourth-order valence-electron chi connectivity index (χ4n) is 3.15. The van der Waals surface area contributed by atoms with Gasteiger partial charge >= 0.3 is 5.97 Å². The highest BCUT2D eigenvalue weighted by molar-refractivity contribution is 6.11. The maximum Gasteiger partial charge on any atom is 0.326 e. The second kappa shape index (κ2) is 9.21. The first-order valence-electron chi connectivity index (χ1n) is 9.42. The van der Waals surface area contributed by atoms with Gasteiger partial charge in [0.25, 0.3) is 11.8 Å². The number of benzene rings is 2. The number of hydrogen-bond donors (Lipinski definition) is 1. The highest BCUT2D eigenvalue weighted by Gasteiger charge is 2.33. The summed E-state index contributed by atoms with van der Waals surface area (Å²) in [4.78, 5) is 50.1. The third-order valence-corrected chi connectivity index (χ3v) is 4.75. The van der Waals surface area contributed by atoms with Gasteiger partial charge in [0.05, 0.1) is 13.5 Å². The minimum atomic E-state index is -1.09. The second-order valence-electron chi connectivity index (χ2n) is 6.78. The largest absolute Gasteiger partial charge is 0.496 e. The van der Waals surface area contributed by atoms with Crippen molar-refractivity contribution in [3.8, 4) is 5.75 Å². The van der Waals surface area contributed by atoms with Crippen LogP contribution in [0.5, 0.6) is 5.75 Å². The predicted octanol–water partition coefficient (Wildman–Crippen LogP) is 1.47. The van der Waals surface area contributed by atoms with Crippen LogP contribution in [0.3, 0.4) is 0 Å². The number of ether oxygens (including phenoxy) is 2. The lowest BCUT2D eigenvalue weighted by Gasteiger charge is -2.26. The minimum absolute atomic E-state index is 0.0319. The number of carbonyl (C=O) groups is 4. The van der Waals surface area contributed by atoms with Crippen molar-refractivity contribution in [2.45, 2.75) is 26.0 Å². The van der Waals surface area contributed by atoms with Crippen LogP contribution in [-0.4, -0.2) is 48.3 Å². The molecular formula is C22H22N2O6. The number of nitrogens with zero attached hydrogens (tertiary/aromatic N) is 1. The van der Waals surface area contributed by atoms with Gasteiger partial charge in [0, 0.05) is 17.7 Å². The molecule has 1 heterocycles. The predicted molar refractivity (Wildman–Crippen MR) is 107 cm³/mol. The van der Waals surface area contributed by atoms with Crippen LogP contribution in [0.25, 0.3) is 0 Å². The number of carbonyl (C=O) groups excluding carboxylic acids is 4. The molecule has 2 aromatic carbocycles. The first kappa shape index (κ1) is 21.0. The fourth-order valence-corrected chi connectivity index (χ4v) is 3.15. The molecule has 0 spiro atoms. The van der Waals surface area contributed by atoms with Crippen LogP contribution in [0, 0.1) is 0 Å². The Morgan fingerprint density at radius 1 is 1.10 bits per heavy atom. The van der Waals surface area contributed by atoms with Crippen molar-refractivity contribution in [1.82, 2.24) is 10.2 Å². The number of methoxy groups -OCH3 is 1. The Hall–Kier alpha value is -3.68. The van der Waals surface area contributed by atoms with E-state index < -0.39 is 36.3 Å². The quantitative estimate of drug-likeness (QED) is 0.548. The Bertz CT molecular complexity index is 987. The molecule has 0 aromatic heterocycles. The second-order valence-corrected chi connectivity index (χ2v) is 6.78. The monoisotopic (exact) mass is 410 g/mol. The zero-order chi connectivity index (χ0) is 21.7. The van der Waals surface area contributed by atoms with E-state index in [0.29, 0.717) is 16.9 Å². The number of amides is 3. The van der Waals surface area contributed by atoms with E-state index in [1.54, 1.807) is 36.4 Å². The van der Waals surface area contributed by atoms with Crippen molar-refractivity contribution in [2.24, 2.45) is 0 Å². The summed E-state index contributed by atoms with van der Waals surface area (Å²) >= 11 is 0. The topological polar surface area (TPSA) is 102 Å². The first-order valence-corrected chi connectivity index (χ1v) is 9.42. The molecule has 8 nitrogen and oxygen atoms in total. The van der Waals surface area contributed by atoms with Gasteiger partial charge in [-0.1, -0.05) is 36.4 Å². The van der Waals surface area contributed by atoms with Crippen LogP contribution >= 0.6 is 0 Å². The normalized spacial score (nSPS) is 14.0. The molecule has 0 bridgehead atoms. The highest BCUT2D eigenvalue weighted by atomic mass is 16.5. The van der Waals surface area contributed by atoms with E-state index in [4.69, 9.17) is 9.47 Å². The van der Waals surface area contributed by atoms with Gasteiger partial charge in [0.15, 0.2) is 6.10 Å². The molecule has 0 saturated heterocycles. The van der Waals surface area contributed by atoms with E-state index in [1.807, 2.05) is 12.1 Å². The van der Waals surface area contributed by atoms with E-state index in [1.165, 1.54) is 14.0 Å². The van der Waals surface area contributed by atoms with E-state index in [9.17, 15) is 19.2 Å². The molecule has 0 unspecified atom stereocenters. The maximum absolute atomic E-state index is 12.5. The zero-order valence-corrected chi connectivity index (χ0v) is 16.7. The number of fused-ring (bicyclic) bond motifs is 1. The Balaban J connectivity index is 1.55. The van der Waals surface area contributed by atoms with E-state index >= 15 is 0 Å². The van der Waals surface area contributed by atoms with Crippen molar-refractivity contribution in [2.75, 3.05) is 13.7 Å². The molecule has 1 aliphatic heterocycles. The molecule has 2 aromatic rings. The van der Waals surface area contributed by atoms with E-state index in [0.717, 1.165) is 10.5 Å². The van der Waals surface area contributed by atoms with Crippen LogP contribution in [0.4, 0.5) is 0 Å². The zero-order valence-electron chi connectivity index (χ0n) is 16.7.